The van der Waals surface area contributed by atoms with Crippen molar-refractivity contribution in [1.29, 1.82) is 5.26 Å². The minimum absolute atomic E-state index is 0.143. The van der Waals surface area contributed by atoms with Gasteiger partial charge in [0.05, 0.1) is 12.0 Å². The topological polar surface area (TPSA) is 68.7 Å². The second-order valence-corrected chi connectivity index (χ2v) is 4.02. The second-order valence-electron chi connectivity index (χ2n) is 4.02. The SMILES string of the molecule is CC(C#N)CNC(=O)c1ccc2[nH]ccc2c1. The Balaban J connectivity index is 2.11. The van der Waals surface area contributed by atoms with E-state index in [0.717, 1.165) is 10.9 Å². The summed E-state index contributed by atoms with van der Waals surface area (Å²) >= 11 is 0. The largest absolute Gasteiger partial charge is 0.361 e. The Morgan fingerprint density at radius 2 is 2.35 bits per heavy atom. The number of hydrogen-bond donors (Lipinski definition) is 2. The molecule has 1 unspecified atom stereocenters. The highest BCUT2D eigenvalue weighted by molar-refractivity contribution is 5.98. The molecule has 1 heterocycles. The Labute approximate surface area is 99.3 Å². The predicted molar refractivity (Wildman–Crippen MR) is 65.4 cm³/mol. The van der Waals surface area contributed by atoms with E-state index in [1.807, 2.05) is 24.4 Å². The smallest absolute Gasteiger partial charge is 0.251 e. The van der Waals surface area contributed by atoms with Gasteiger partial charge >= 0.3 is 0 Å². The molecule has 1 amide bonds. The van der Waals surface area contributed by atoms with Crippen LogP contribution in [0.5, 0.6) is 0 Å². The number of nitrogens with one attached hydrogen (secondary N) is 2. The summed E-state index contributed by atoms with van der Waals surface area (Å²) in [7, 11) is 0. The molecule has 0 aliphatic heterocycles. The number of amides is 1. The van der Waals surface area contributed by atoms with E-state index in [2.05, 4.69) is 16.4 Å². The number of carbonyl (C=O) groups excluding carboxylic acids is 1. The van der Waals surface area contributed by atoms with Crippen molar-refractivity contribution in [1.82, 2.24) is 10.3 Å². The van der Waals surface area contributed by atoms with Gasteiger partial charge in [-0.05, 0) is 31.2 Å². The summed E-state index contributed by atoms with van der Waals surface area (Å²) in [6, 6.07) is 9.47. The van der Waals surface area contributed by atoms with Crippen LogP contribution in [0.4, 0.5) is 0 Å². The van der Waals surface area contributed by atoms with Crippen molar-refractivity contribution < 1.29 is 4.79 Å². The molecule has 0 saturated carbocycles. The highest BCUT2D eigenvalue weighted by Gasteiger charge is 2.08. The van der Waals surface area contributed by atoms with Gasteiger partial charge in [-0.15, -0.1) is 0 Å². The monoisotopic (exact) mass is 227 g/mol. The number of fused-ring (bicyclic) bond motifs is 1. The number of rotatable bonds is 3. The van der Waals surface area contributed by atoms with E-state index in [-0.39, 0.29) is 11.8 Å². The maximum absolute atomic E-state index is 11.8. The third kappa shape index (κ3) is 2.45. The third-order valence-electron chi connectivity index (χ3n) is 2.60. The number of benzene rings is 1. The molecule has 1 aromatic heterocycles. The van der Waals surface area contributed by atoms with Gasteiger partial charge in [0.15, 0.2) is 0 Å². The molecule has 4 heteroatoms. The van der Waals surface area contributed by atoms with E-state index < -0.39 is 0 Å². The molecule has 2 rings (SSSR count). The van der Waals surface area contributed by atoms with Crippen LogP contribution in [0.15, 0.2) is 30.5 Å². The Hall–Kier alpha value is -2.28. The first-order valence-electron chi connectivity index (χ1n) is 5.45. The molecule has 0 aliphatic rings. The van der Waals surface area contributed by atoms with Gasteiger partial charge in [-0.2, -0.15) is 5.26 Å². The molecule has 2 aromatic rings. The minimum atomic E-state index is -0.171. The van der Waals surface area contributed by atoms with E-state index in [1.54, 1.807) is 13.0 Å². The zero-order valence-corrected chi connectivity index (χ0v) is 9.53. The fraction of sp³-hybridized carbons (Fsp3) is 0.231. The predicted octanol–water partition coefficient (Wildman–Crippen LogP) is 2.06. The lowest BCUT2D eigenvalue weighted by molar-refractivity contribution is 0.0951. The summed E-state index contributed by atoms with van der Waals surface area (Å²) in [6.45, 7) is 2.15. The molecule has 86 valence electrons. The van der Waals surface area contributed by atoms with Crippen molar-refractivity contribution >= 4 is 16.8 Å². The van der Waals surface area contributed by atoms with Crippen molar-refractivity contribution in [3.8, 4) is 6.07 Å². The van der Waals surface area contributed by atoms with E-state index in [4.69, 9.17) is 5.26 Å². The number of H-pyrrole nitrogens is 1. The van der Waals surface area contributed by atoms with Gasteiger partial charge in [-0.1, -0.05) is 0 Å². The Bertz CT molecular complexity index is 580. The minimum Gasteiger partial charge on any atom is -0.361 e. The normalized spacial score (nSPS) is 12.0. The molecule has 17 heavy (non-hydrogen) atoms. The number of nitriles is 1. The number of nitrogens with zero attached hydrogens (tertiary/aromatic N) is 1. The molecule has 1 aromatic carbocycles. The fourth-order valence-corrected chi connectivity index (χ4v) is 1.59. The standard InChI is InChI=1S/C13H13N3O/c1-9(7-14)8-16-13(17)11-2-3-12-10(6-11)4-5-15-12/h2-6,9,15H,8H2,1H3,(H,16,17). The Morgan fingerprint density at radius 1 is 1.53 bits per heavy atom. The molecular weight excluding hydrogens is 214 g/mol. The number of aromatic amines is 1. The average Bonchev–Trinajstić information content (AvgIpc) is 2.82. The van der Waals surface area contributed by atoms with Crippen LogP contribution in [0.2, 0.25) is 0 Å². The number of aromatic nitrogens is 1. The molecule has 0 radical (unpaired) electrons. The molecule has 0 saturated heterocycles. The van der Waals surface area contributed by atoms with E-state index >= 15 is 0 Å². The molecule has 4 nitrogen and oxygen atoms in total. The molecule has 2 N–H and O–H groups in total. The molecule has 0 aliphatic carbocycles. The van der Waals surface area contributed by atoms with Crippen LogP contribution < -0.4 is 5.32 Å². The van der Waals surface area contributed by atoms with Gasteiger partial charge in [0.2, 0.25) is 0 Å². The number of carbonyl (C=O) groups is 1. The van der Waals surface area contributed by atoms with Crippen LogP contribution in [0, 0.1) is 17.2 Å². The van der Waals surface area contributed by atoms with Gasteiger partial charge in [0.25, 0.3) is 5.91 Å². The summed E-state index contributed by atoms with van der Waals surface area (Å²) in [4.78, 5) is 14.9. The first-order valence-corrected chi connectivity index (χ1v) is 5.45. The maximum atomic E-state index is 11.8. The van der Waals surface area contributed by atoms with E-state index in [9.17, 15) is 4.79 Å². The van der Waals surface area contributed by atoms with Gasteiger partial charge < -0.3 is 10.3 Å². The third-order valence-corrected chi connectivity index (χ3v) is 2.60. The maximum Gasteiger partial charge on any atom is 0.251 e. The average molecular weight is 227 g/mol. The van der Waals surface area contributed by atoms with E-state index in [0.29, 0.717) is 12.1 Å². The van der Waals surface area contributed by atoms with Crippen molar-refractivity contribution in [3.05, 3.63) is 36.0 Å². The van der Waals surface area contributed by atoms with Crippen LogP contribution in [0.1, 0.15) is 17.3 Å². The Morgan fingerprint density at radius 3 is 3.12 bits per heavy atom. The second kappa shape index (κ2) is 4.71. The zero-order valence-electron chi connectivity index (χ0n) is 9.53. The molecular formula is C13H13N3O. The highest BCUT2D eigenvalue weighted by Crippen LogP contribution is 2.14. The van der Waals surface area contributed by atoms with Crippen LogP contribution in [-0.4, -0.2) is 17.4 Å². The highest BCUT2D eigenvalue weighted by atomic mass is 16.1. The van der Waals surface area contributed by atoms with Crippen molar-refractivity contribution in [2.45, 2.75) is 6.92 Å². The van der Waals surface area contributed by atoms with Crippen LogP contribution >= 0.6 is 0 Å². The summed E-state index contributed by atoms with van der Waals surface area (Å²) in [5, 5.41) is 12.4. The van der Waals surface area contributed by atoms with Gasteiger partial charge in [0, 0.05) is 29.2 Å². The molecule has 0 spiro atoms. The van der Waals surface area contributed by atoms with Gasteiger partial charge in [0.1, 0.15) is 0 Å². The van der Waals surface area contributed by atoms with Crippen molar-refractivity contribution in [2.24, 2.45) is 5.92 Å². The summed E-state index contributed by atoms with van der Waals surface area (Å²) < 4.78 is 0. The lowest BCUT2D eigenvalue weighted by atomic mass is 10.1. The molecule has 0 fully saturated rings. The lowest BCUT2D eigenvalue weighted by Gasteiger charge is -2.06. The van der Waals surface area contributed by atoms with Crippen molar-refractivity contribution in [3.63, 3.8) is 0 Å². The van der Waals surface area contributed by atoms with E-state index in [1.165, 1.54) is 0 Å². The molecule has 1 atom stereocenters. The van der Waals surface area contributed by atoms with Gasteiger partial charge in [-0.25, -0.2) is 0 Å². The summed E-state index contributed by atoms with van der Waals surface area (Å²) in [5.74, 6) is -0.315. The Kier molecular flexibility index (Phi) is 3.10. The van der Waals surface area contributed by atoms with Crippen LogP contribution in [0.25, 0.3) is 10.9 Å². The van der Waals surface area contributed by atoms with Crippen LogP contribution in [-0.2, 0) is 0 Å². The first kappa shape index (κ1) is 11.2. The molecule has 0 bridgehead atoms. The lowest BCUT2D eigenvalue weighted by Crippen LogP contribution is -2.27. The fourth-order valence-electron chi connectivity index (χ4n) is 1.59. The zero-order chi connectivity index (χ0) is 12.3. The quantitative estimate of drug-likeness (QED) is 0.842. The summed E-state index contributed by atoms with van der Waals surface area (Å²) in [5.41, 5.74) is 1.62. The number of hydrogen-bond acceptors (Lipinski definition) is 2. The van der Waals surface area contributed by atoms with Crippen molar-refractivity contribution in [2.75, 3.05) is 6.54 Å². The van der Waals surface area contributed by atoms with Crippen LogP contribution in [0.3, 0.4) is 0 Å². The summed E-state index contributed by atoms with van der Waals surface area (Å²) in [6.07, 6.45) is 1.84. The first-order chi connectivity index (χ1) is 8.20. The van der Waals surface area contributed by atoms with Gasteiger partial charge in [-0.3, -0.25) is 4.79 Å².